The molecule has 12 atom stereocenters. The maximum absolute atomic E-state index is 14.6. The Balaban J connectivity index is 1.89. The zero-order chi connectivity index (χ0) is 29.5. The van der Waals surface area contributed by atoms with Gasteiger partial charge in [-0.1, -0.05) is 59.6 Å². The standard InChI is InChI=1S/C30H49NO8/c1-14-11-21-29(34,13-38-21)24-18(5)30(35)12-20(23(39-36)15(2)19(6)31-26(33)37-10)16(3)22(27(30,7)8)17(4)25(32)28(14,24)9/h14-15,17-21,23-24,34-36H,11-13H2,1-10H3,(H,31,33)/t14-,15?,17+,18?,19?,20?,21?,23-,24?,28+,29-,30?/m0/s1. The van der Waals surface area contributed by atoms with Crippen molar-refractivity contribution in [1.82, 2.24) is 5.32 Å². The lowest BCUT2D eigenvalue weighted by Gasteiger charge is -2.68. The highest BCUT2D eigenvalue weighted by Crippen LogP contribution is 2.67. The van der Waals surface area contributed by atoms with Crippen LogP contribution in [0.3, 0.4) is 0 Å². The maximum atomic E-state index is 14.6. The van der Waals surface area contributed by atoms with Crippen LogP contribution in [-0.2, 0) is 19.2 Å². The molecule has 4 aliphatic rings. The number of ketones is 1. The van der Waals surface area contributed by atoms with Gasteiger partial charge in [0.2, 0.25) is 0 Å². The van der Waals surface area contributed by atoms with Crippen LogP contribution in [0.1, 0.15) is 75.2 Å². The van der Waals surface area contributed by atoms with E-state index >= 15 is 0 Å². The highest BCUT2D eigenvalue weighted by Gasteiger charge is 2.73. The molecule has 3 fully saturated rings. The third kappa shape index (κ3) is 3.97. The number of hydrogen-bond acceptors (Lipinski definition) is 8. The average molecular weight is 552 g/mol. The van der Waals surface area contributed by atoms with E-state index in [2.05, 4.69) is 12.2 Å². The van der Waals surface area contributed by atoms with E-state index in [-0.39, 0.29) is 36.8 Å². The van der Waals surface area contributed by atoms with E-state index in [4.69, 9.17) is 14.4 Å². The second-order valence-electron chi connectivity index (χ2n) is 13.9. The van der Waals surface area contributed by atoms with Gasteiger partial charge in [0.25, 0.3) is 0 Å². The van der Waals surface area contributed by atoms with Gasteiger partial charge in [-0.05, 0) is 38.5 Å². The van der Waals surface area contributed by atoms with Crippen LogP contribution in [-0.4, -0.2) is 70.5 Å². The van der Waals surface area contributed by atoms with Crippen molar-refractivity contribution in [1.29, 1.82) is 0 Å². The van der Waals surface area contributed by atoms with Crippen molar-refractivity contribution >= 4 is 11.9 Å². The van der Waals surface area contributed by atoms with Crippen molar-refractivity contribution in [2.24, 2.45) is 46.3 Å². The fraction of sp³-hybridized carbons (Fsp3) is 0.867. The first-order valence-corrected chi connectivity index (χ1v) is 14.4. The number of rotatable bonds is 5. The maximum Gasteiger partial charge on any atom is 0.407 e. The Bertz CT molecular complexity index is 1040. The topological polar surface area (TPSA) is 135 Å². The molecule has 0 aromatic rings. The minimum absolute atomic E-state index is 0.0356. The van der Waals surface area contributed by atoms with Gasteiger partial charge < -0.3 is 25.0 Å². The number of aliphatic hydroxyl groups is 2. The van der Waals surface area contributed by atoms with Crippen molar-refractivity contribution in [3.05, 3.63) is 11.1 Å². The van der Waals surface area contributed by atoms with Crippen LogP contribution in [0.5, 0.6) is 0 Å². The van der Waals surface area contributed by atoms with E-state index in [0.717, 1.165) is 11.1 Å². The van der Waals surface area contributed by atoms with Crippen LogP contribution in [0, 0.1) is 46.3 Å². The molecule has 4 rings (SSSR count). The van der Waals surface area contributed by atoms with Gasteiger partial charge in [-0.2, -0.15) is 0 Å². The van der Waals surface area contributed by atoms with Gasteiger partial charge in [0.15, 0.2) is 0 Å². The fourth-order valence-corrected chi connectivity index (χ4v) is 9.41. The van der Waals surface area contributed by atoms with Crippen LogP contribution in [0.4, 0.5) is 4.79 Å². The summed E-state index contributed by atoms with van der Waals surface area (Å²) in [6.07, 6.45) is -0.861. The molecule has 2 saturated carbocycles. The van der Waals surface area contributed by atoms with Crippen LogP contribution in [0.2, 0.25) is 0 Å². The van der Waals surface area contributed by atoms with Gasteiger partial charge in [-0.3, -0.25) is 10.1 Å². The number of hydrogen-bond donors (Lipinski definition) is 4. The summed E-state index contributed by atoms with van der Waals surface area (Å²) in [7, 11) is 1.29. The molecule has 1 heterocycles. The smallest absolute Gasteiger partial charge is 0.407 e. The van der Waals surface area contributed by atoms with Gasteiger partial charge in [-0.15, -0.1) is 0 Å². The largest absolute Gasteiger partial charge is 0.453 e. The number of alkyl carbamates (subject to hydrolysis) is 1. The lowest BCUT2D eigenvalue weighted by Crippen LogP contribution is -2.77. The van der Waals surface area contributed by atoms with E-state index in [0.29, 0.717) is 6.42 Å². The summed E-state index contributed by atoms with van der Waals surface area (Å²) in [6, 6.07) is -0.408. The normalized spacial score (nSPS) is 45.5. The summed E-state index contributed by atoms with van der Waals surface area (Å²) in [4.78, 5) is 31.6. The average Bonchev–Trinajstić information content (AvgIpc) is 2.87. The lowest BCUT2D eigenvalue weighted by molar-refractivity contribution is -0.332. The van der Waals surface area contributed by atoms with E-state index in [9.17, 15) is 25.1 Å². The Morgan fingerprint density at radius 1 is 1.15 bits per heavy atom. The molecule has 222 valence electrons. The fourth-order valence-electron chi connectivity index (χ4n) is 9.41. The van der Waals surface area contributed by atoms with E-state index < -0.39 is 63.9 Å². The Morgan fingerprint density at radius 2 is 1.77 bits per heavy atom. The molecule has 1 amide bonds. The highest BCUT2D eigenvalue weighted by molar-refractivity contribution is 5.90. The molecule has 9 heteroatoms. The molecule has 4 N–H and O–H groups in total. The van der Waals surface area contributed by atoms with Crippen molar-refractivity contribution in [2.45, 2.75) is 105 Å². The third-order valence-electron chi connectivity index (χ3n) is 12.1. The summed E-state index contributed by atoms with van der Waals surface area (Å²) in [5.41, 5.74) is -2.40. The van der Waals surface area contributed by atoms with Crippen LogP contribution in [0.15, 0.2) is 11.1 Å². The Labute approximate surface area is 232 Å². The molecule has 3 aliphatic carbocycles. The Kier molecular flexibility index (Phi) is 7.64. The van der Waals surface area contributed by atoms with Crippen molar-refractivity contribution < 1.29 is 39.4 Å². The summed E-state index contributed by atoms with van der Waals surface area (Å²) >= 11 is 0. The van der Waals surface area contributed by atoms with Crippen molar-refractivity contribution in [2.75, 3.05) is 13.7 Å². The molecule has 39 heavy (non-hydrogen) atoms. The van der Waals surface area contributed by atoms with Crippen molar-refractivity contribution in [3.8, 4) is 0 Å². The number of ether oxygens (including phenoxy) is 2. The summed E-state index contributed by atoms with van der Waals surface area (Å²) in [6.45, 7) is 17.7. The second kappa shape index (κ2) is 9.79. The molecule has 0 spiro atoms. The SMILES string of the molecule is COC(=O)NC(C)C(C)[C@H](OO)C1CC2(O)C(C)C3[C@]4(O)COC4C[C@H](C)[C@@]3(C)C(=O)[C@H](C)C(=C1C)C2(C)C. The first-order chi connectivity index (χ1) is 17.9. The minimum Gasteiger partial charge on any atom is -0.453 e. The molecule has 9 nitrogen and oxygen atoms in total. The molecule has 7 unspecified atom stereocenters. The zero-order valence-electron chi connectivity index (χ0n) is 25.2. The number of fused-ring (bicyclic) bond motifs is 5. The molecule has 1 saturated heterocycles. The van der Waals surface area contributed by atoms with Crippen molar-refractivity contribution in [3.63, 3.8) is 0 Å². The van der Waals surface area contributed by atoms with E-state index in [1.165, 1.54) is 7.11 Å². The van der Waals surface area contributed by atoms with E-state index in [1.807, 2.05) is 55.4 Å². The second-order valence-corrected chi connectivity index (χ2v) is 13.9. The predicted molar refractivity (Wildman–Crippen MR) is 145 cm³/mol. The van der Waals surface area contributed by atoms with Gasteiger partial charge in [0.05, 0.1) is 25.4 Å². The molecule has 2 bridgehead atoms. The molecule has 1 aliphatic heterocycles. The summed E-state index contributed by atoms with van der Waals surface area (Å²) in [5.74, 6) is -2.27. The molecular weight excluding hydrogens is 502 g/mol. The monoisotopic (exact) mass is 551 g/mol. The number of amides is 1. The molecule has 0 aromatic heterocycles. The summed E-state index contributed by atoms with van der Waals surface area (Å²) in [5, 5.41) is 37.9. The Hall–Kier alpha value is -1.52. The van der Waals surface area contributed by atoms with Gasteiger partial charge in [0.1, 0.15) is 17.5 Å². The minimum atomic E-state index is -1.34. The molecular formula is C30H49NO8. The van der Waals surface area contributed by atoms with Crippen LogP contribution < -0.4 is 5.32 Å². The number of Topliss-reactive ketones (excluding diaryl/α,β-unsaturated/α-hetero) is 1. The van der Waals surface area contributed by atoms with Crippen LogP contribution in [0.25, 0.3) is 0 Å². The van der Waals surface area contributed by atoms with Crippen LogP contribution >= 0.6 is 0 Å². The summed E-state index contributed by atoms with van der Waals surface area (Å²) < 4.78 is 10.6. The Morgan fingerprint density at radius 3 is 2.28 bits per heavy atom. The number of carbonyl (C=O) groups is 2. The molecule has 0 aromatic carbocycles. The van der Waals surface area contributed by atoms with E-state index in [1.54, 1.807) is 0 Å². The lowest BCUT2D eigenvalue weighted by atomic mass is 9.40. The molecule has 0 radical (unpaired) electrons. The first kappa shape index (κ1) is 30.4. The van der Waals surface area contributed by atoms with Gasteiger partial charge in [-0.25, -0.2) is 9.68 Å². The first-order valence-electron chi connectivity index (χ1n) is 14.4. The number of methoxy groups -OCH3 is 1. The highest BCUT2D eigenvalue weighted by atomic mass is 17.1. The van der Waals surface area contributed by atoms with Gasteiger partial charge >= 0.3 is 6.09 Å². The zero-order valence-corrected chi connectivity index (χ0v) is 25.2. The predicted octanol–water partition coefficient (Wildman–Crippen LogP) is 3.97. The number of nitrogens with one attached hydrogen (secondary N) is 1. The van der Waals surface area contributed by atoms with Gasteiger partial charge in [0, 0.05) is 40.5 Å². The number of carbonyl (C=O) groups excluding carboxylic acids is 2. The third-order valence-corrected chi connectivity index (χ3v) is 12.1. The quantitative estimate of drug-likeness (QED) is 0.229.